The minimum Gasteiger partial charge on any atom is -0.450 e. The molecule has 4 aromatic rings. The van der Waals surface area contributed by atoms with Gasteiger partial charge in [-0.1, -0.05) is 23.7 Å². The van der Waals surface area contributed by atoms with Crippen molar-refractivity contribution in [2.45, 2.75) is 17.4 Å². The van der Waals surface area contributed by atoms with Crippen molar-refractivity contribution in [3.63, 3.8) is 0 Å². The molecule has 0 saturated heterocycles. The summed E-state index contributed by atoms with van der Waals surface area (Å²) in [6.45, 7) is 0. The van der Waals surface area contributed by atoms with Crippen LogP contribution in [0.2, 0.25) is 5.02 Å². The molecule has 0 bridgehead atoms. The van der Waals surface area contributed by atoms with Crippen molar-refractivity contribution in [1.29, 1.82) is 0 Å². The number of fused-ring (bicyclic) bond motifs is 4. The van der Waals surface area contributed by atoms with E-state index in [0.29, 0.717) is 33.3 Å². The standard InChI is InChI=1S/C19H14ClN3O3S/c20-11-5-6-16-13(9-11)14(7-8-27(16,24)25)23-19-18-17(21-10-22-19)12-3-1-2-4-15(12)26-18/h1-6,9-10,14H,7-8H2,(H,21,22,23)/t14-/m1/s1. The molecular weight excluding hydrogens is 386 g/mol. The van der Waals surface area contributed by atoms with Crippen molar-refractivity contribution in [1.82, 2.24) is 9.97 Å². The van der Waals surface area contributed by atoms with Gasteiger partial charge in [-0.3, -0.25) is 0 Å². The maximum atomic E-state index is 12.4. The highest BCUT2D eigenvalue weighted by Gasteiger charge is 2.31. The number of anilines is 1. The van der Waals surface area contributed by atoms with Gasteiger partial charge in [-0.05, 0) is 42.3 Å². The van der Waals surface area contributed by atoms with Crippen molar-refractivity contribution in [3.05, 3.63) is 59.4 Å². The summed E-state index contributed by atoms with van der Waals surface area (Å²) in [6.07, 6.45) is 1.90. The maximum absolute atomic E-state index is 12.4. The van der Waals surface area contributed by atoms with Gasteiger partial charge < -0.3 is 9.73 Å². The molecule has 0 spiro atoms. The Balaban J connectivity index is 1.63. The number of para-hydroxylation sites is 1. The van der Waals surface area contributed by atoms with Gasteiger partial charge in [0, 0.05) is 10.4 Å². The summed E-state index contributed by atoms with van der Waals surface area (Å²) < 4.78 is 30.7. The third kappa shape index (κ3) is 2.65. The normalized spacial score (nSPS) is 18.5. The molecular formula is C19H14ClN3O3S. The number of hydrogen-bond donors (Lipinski definition) is 1. The van der Waals surface area contributed by atoms with E-state index in [1.807, 2.05) is 24.3 Å². The predicted molar refractivity (Wildman–Crippen MR) is 104 cm³/mol. The summed E-state index contributed by atoms with van der Waals surface area (Å²) >= 11 is 6.12. The Morgan fingerprint density at radius 3 is 2.89 bits per heavy atom. The van der Waals surface area contributed by atoms with Gasteiger partial charge in [0.1, 0.15) is 17.4 Å². The Morgan fingerprint density at radius 2 is 2.00 bits per heavy atom. The molecule has 0 radical (unpaired) electrons. The van der Waals surface area contributed by atoms with Crippen LogP contribution in [-0.4, -0.2) is 24.1 Å². The van der Waals surface area contributed by atoms with E-state index in [1.54, 1.807) is 18.2 Å². The van der Waals surface area contributed by atoms with Gasteiger partial charge in [0.2, 0.25) is 0 Å². The lowest BCUT2D eigenvalue weighted by molar-refractivity contribution is 0.575. The quantitative estimate of drug-likeness (QED) is 0.539. The van der Waals surface area contributed by atoms with Gasteiger partial charge in [0.05, 0.1) is 16.7 Å². The van der Waals surface area contributed by atoms with Crippen molar-refractivity contribution < 1.29 is 12.8 Å². The Hall–Kier alpha value is -2.64. The van der Waals surface area contributed by atoms with Gasteiger partial charge in [-0.2, -0.15) is 0 Å². The maximum Gasteiger partial charge on any atom is 0.196 e. The summed E-state index contributed by atoms with van der Waals surface area (Å²) in [4.78, 5) is 8.98. The predicted octanol–water partition coefficient (Wildman–Crippen LogP) is 4.36. The molecule has 3 heterocycles. The Labute approximate surface area is 160 Å². The fourth-order valence-electron chi connectivity index (χ4n) is 3.55. The summed E-state index contributed by atoms with van der Waals surface area (Å²) in [5, 5.41) is 4.74. The highest BCUT2D eigenvalue weighted by Crippen LogP contribution is 2.38. The minimum atomic E-state index is -3.30. The average Bonchev–Trinajstić information content (AvgIpc) is 3.04. The van der Waals surface area contributed by atoms with Crippen LogP contribution in [0.1, 0.15) is 18.0 Å². The van der Waals surface area contributed by atoms with Gasteiger partial charge >= 0.3 is 0 Å². The van der Waals surface area contributed by atoms with Crippen LogP contribution in [0.4, 0.5) is 5.82 Å². The smallest absolute Gasteiger partial charge is 0.196 e. The van der Waals surface area contributed by atoms with E-state index in [0.717, 1.165) is 16.5 Å². The fourth-order valence-corrected chi connectivity index (χ4v) is 5.34. The number of nitrogens with zero attached hydrogens (tertiary/aromatic N) is 2. The van der Waals surface area contributed by atoms with E-state index in [2.05, 4.69) is 15.3 Å². The molecule has 5 rings (SSSR count). The van der Waals surface area contributed by atoms with Crippen molar-refractivity contribution >= 4 is 49.3 Å². The van der Waals surface area contributed by atoms with Crippen LogP contribution in [0.3, 0.4) is 0 Å². The largest absolute Gasteiger partial charge is 0.450 e. The Kier molecular flexibility index (Phi) is 3.63. The third-order valence-corrected chi connectivity index (χ3v) is 6.88. The monoisotopic (exact) mass is 399 g/mol. The lowest BCUT2D eigenvalue weighted by Gasteiger charge is -2.26. The van der Waals surface area contributed by atoms with E-state index in [4.69, 9.17) is 16.0 Å². The second-order valence-corrected chi connectivity index (χ2v) is 9.00. The summed E-state index contributed by atoms with van der Waals surface area (Å²) in [6, 6.07) is 12.3. The van der Waals surface area contributed by atoms with Crippen LogP contribution < -0.4 is 5.32 Å². The first kappa shape index (κ1) is 16.5. The van der Waals surface area contributed by atoms with E-state index in [9.17, 15) is 8.42 Å². The lowest BCUT2D eigenvalue weighted by atomic mass is 10.0. The molecule has 0 aliphatic carbocycles. The summed E-state index contributed by atoms with van der Waals surface area (Å²) in [5.41, 5.74) is 2.65. The molecule has 2 aromatic heterocycles. The number of aromatic nitrogens is 2. The van der Waals surface area contributed by atoms with Gasteiger partial charge in [-0.25, -0.2) is 18.4 Å². The second kappa shape index (κ2) is 5.94. The van der Waals surface area contributed by atoms with E-state index in [-0.39, 0.29) is 11.8 Å². The van der Waals surface area contributed by atoms with Crippen molar-refractivity contribution in [2.24, 2.45) is 0 Å². The van der Waals surface area contributed by atoms with Crippen LogP contribution >= 0.6 is 11.6 Å². The molecule has 136 valence electrons. The molecule has 8 heteroatoms. The first-order valence-electron chi connectivity index (χ1n) is 8.44. The zero-order valence-corrected chi connectivity index (χ0v) is 15.6. The molecule has 2 aromatic carbocycles. The molecule has 27 heavy (non-hydrogen) atoms. The number of hydrogen-bond acceptors (Lipinski definition) is 6. The number of rotatable bonds is 2. The Bertz CT molecular complexity index is 1300. The molecule has 1 aliphatic rings. The average molecular weight is 400 g/mol. The van der Waals surface area contributed by atoms with E-state index < -0.39 is 9.84 Å². The van der Waals surface area contributed by atoms with Crippen LogP contribution in [0.15, 0.2) is 58.1 Å². The summed E-state index contributed by atoms with van der Waals surface area (Å²) in [5.74, 6) is 0.597. The molecule has 1 atom stereocenters. The highest BCUT2D eigenvalue weighted by molar-refractivity contribution is 7.91. The van der Waals surface area contributed by atoms with Crippen LogP contribution in [0.5, 0.6) is 0 Å². The lowest BCUT2D eigenvalue weighted by Crippen LogP contribution is -2.25. The van der Waals surface area contributed by atoms with Crippen LogP contribution in [0, 0.1) is 0 Å². The second-order valence-electron chi connectivity index (χ2n) is 6.48. The molecule has 0 unspecified atom stereocenters. The number of furan rings is 1. The van der Waals surface area contributed by atoms with Gasteiger partial charge in [-0.15, -0.1) is 0 Å². The topological polar surface area (TPSA) is 85.1 Å². The van der Waals surface area contributed by atoms with Gasteiger partial charge in [0.25, 0.3) is 0 Å². The third-order valence-electron chi connectivity index (χ3n) is 4.83. The van der Waals surface area contributed by atoms with Crippen molar-refractivity contribution in [2.75, 3.05) is 11.1 Å². The number of halogens is 1. The first-order chi connectivity index (χ1) is 13.0. The molecule has 0 amide bonds. The zero-order valence-electron chi connectivity index (χ0n) is 14.0. The SMILES string of the molecule is O=S1(=O)CC[C@@H](Nc2ncnc3c2oc2ccccc23)c2cc(Cl)ccc21. The molecule has 1 N–H and O–H groups in total. The fraction of sp³-hybridized carbons (Fsp3) is 0.158. The molecule has 1 aliphatic heterocycles. The first-order valence-corrected chi connectivity index (χ1v) is 10.5. The van der Waals surface area contributed by atoms with Crippen LogP contribution in [-0.2, 0) is 9.84 Å². The zero-order chi connectivity index (χ0) is 18.6. The van der Waals surface area contributed by atoms with Crippen LogP contribution in [0.25, 0.3) is 22.1 Å². The number of benzene rings is 2. The van der Waals surface area contributed by atoms with E-state index >= 15 is 0 Å². The molecule has 0 saturated carbocycles. The number of sulfone groups is 1. The molecule has 6 nitrogen and oxygen atoms in total. The number of nitrogens with one attached hydrogen (secondary N) is 1. The van der Waals surface area contributed by atoms with Crippen molar-refractivity contribution in [3.8, 4) is 0 Å². The highest BCUT2D eigenvalue weighted by atomic mass is 35.5. The minimum absolute atomic E-state index is 0.0632. The van der Waals surface area contributed by atoms with E-state index in [1.165, 1.54) is 6.33 Å². The molecule has 0 fully saturated rings. The van der Waals surface area contributed by atoms with Gasteiger partial charge in [0.15, 0.2) is 21.2 Å². The Morgan fingerprint density at radius 1 is 1.15 bits per heavy atom. The summed E-state index contributed by atoms with van der Waals surface area (Å²) in [7, 11) is -3.30.